The van der Waals surface area contributed by atoms with E-state index in [1.807, 2.05) is 0 Å². The van der Waals surface area contributed by atoms with Gasteiger partial charge in [0, 0.05) is 0 Å². The second-order valence-electron chi connectivity index (χ2n) is 3.58. The van der Waals surface area contributed by atoms with E-state index in [1.165, 1.54) is 0 Å². The molecule has 0 heterocycles. The van der Waals surface area contributed by atoms with E-state index >= 15 is 0 Å². The predicted octanol–water partition coefficient (Wildman–Crippen LogP) is -4.90. The molecule has 272 valence electrons. The van der Waals surface area contributed by atoms with Crippen molar-refractivity contribution in [3.63, 3.8) is 0 Å². The zero-order valence-electron chi connectivity index (χ0n) is 18.4. The topological polar surface area (TPSA) is 667 Å². The number of hydrogen-bond acceptors (Lipinski definition) is 18. The number of hydrogen-bond donors (Lipinski definition) is 18. The second-order valence-corrected chi connectivity index (χ2v) is 10.7. The van der Waals surface area contributed by atoms with Crippen LogP contribution in [0.15, 0.2) is 0 Å². The van der Waals surface area contributed by atoms with Gasteiger partial charge in [0.25, 0.3) is 0 Å². The van der Waals surface area contributed by atoms with Crippen LogP contribution in [0.4, 0.5) is 0 Å². The van der Waals surface area contributed by atoms with Gasteiger partial charge < -0.3 is 12.3 Å². The van der Waals surface area contributed by atoms with Gasteiger partial charge in [-0.3, -0.25) is 72.8 Å². The minimum absolute atomic E-state index is 0. The molecule has 0 unspecified atom stereocenters. The Hall–Kier alpha value is -1.12. The summed E-state index contributed by atoms with van der Waals surface area (Å²) in [6, 6.07) is 0. The van der Waals surface area contributed by atoms with Crippen molar-refractivity contribution in [3.05, 3.63) is 0 Å². The fourth-order valence-corrected chi connectivity index (χ4v) is 0. The number of rotatable bonds is 0. The largest absolute Gasteiger partial charge is 0.394 e. The Morgan fingerprint density at radius 3 is 0.167 bits per heavy atom. The first-order chi connectivity index (χ1) is 16.0. The fourth-order valence-electron chi connectivity index (χ4n) is 0. The van der Waals surface area contributed by atoms with Crippen LogP contribution in [0.25, 0.3) is 0 Å². The Bertz CT molecular complexity index is 1070. The van der Waals surface area contributed by atoms with Gasteiger partial charge in [-0.2, -0.15) is 67.3 Å². The van der Waals surface area contributed by atoms with E-state index in [9.17, 15) is 0 Å². The third-order valence-electron chi connectivity index (χ3n) is 0. The average molecular weight is 819 g/mol. The van der Waals surface area contributed by atoms with Crippen molar-refractivity contribution >= 4 is 83.2 Å². The molecule has 0 aliphatic heterocycles. The van der Waals surface area contributed by atoms with Crippen molar-refractivity contribution in [2.24, 2.45) is 0 Å². The fraction of sp³-hybridized carbons (Fsp3) is 0. The van der Waals surface area contributed by atoms with Gasteiger partial charge in [0.1, 0.15) is 0 Å². The maximum atomic E-state index is 8.74. The van der Waals surface area contributed by atoms with Crippen LogP contribution in [-0.4, -0.2) is 140 Å². The molecular weight excluding hydrogens is 797 g/mol. The van der Waals surface area contributed by atoms with Crippen LogP contribution in [0.1, 0.15) is 0 Å². The van der Waals surface area contributed by atoms with Gasteiger partial charge in [-0.15, -0.1) is 0 Å². The lowest BCUT2D eigenvalue weighted by atomic mass is 14.0. The summed E-state index contributed by atoms with van der Waals surface area (Å²) in [5.74, 6) is 0. The molecule has 0 saturated carbocycles. The van der Waals surface area contributed by atoms with E-state index < -0.39 is 83.2 Å². The summed E-state index contributed by atoms with van der Waals surface area (Å²) in [6.07, 6.45) is 0. The molecule has 0 spiro atoms. The highest BCUT2D eigenvalue weighted by Gasteiger charge is 1.87. The molecule has 0 aliphatic rings. The molecule has 0 atom stereocenters. The Kier molecular flexibility index (Phi) is 44.5. The molecule has 0 radical (unpaired) electrons. The molecular formula is H22N2O32S8. The molecule has 0 aromatic heterocycles. The predicted molar refractivity (Wildman–Crippen MR) is 123 cm³/mol. The molecule has 0 aromatic rings. The Balaban J connectivity index is -0.0000000346. The van der Waals surface area contributed by atoms with Crippen LogP contribution in [0.2, 0.25) is 0 Å². The molecule has 0 rings (SSSR count). The van der Waals surface area contributed by atoms with E-state index in [1.54, 1.807) is 0 Å². The van der Waals surface area contributed by atoms with E-state index in [-0.39, 0.29) is 12.3 Å². The highest BCUT2D eigenvalue weighted by Crippen LogP contribution is 1.62. The van der Waals surface area contributed by atoms with Crippen molar-refractivity contribution in [2.45, 2.75) is 0 Å². The summed E-state index contributed by atoms with van der Waals surface area (Å²) in [6.45, 7) is 0. The molecule has 0 fully saturated rings. The normalized spacial score (nSPS) is 11.0. The van der Waals surface area contributed by atoms with Gasteiger partial charge in [-0.25, -0.2) is 0 Å². The lowest BCUT2D eigenvalue weighted by molar-refractivity contribution is 0.378. The first-order valence-electron chi connectivity index (χ1n) is 5.59. The monoisotopic (exact) mass is 818 g/mol. The first-order valence-corrected chi connectivity index (χ1v) is 16.8. The molecule has 0 amide bonds. The van der Waals surface area contributed by atoms with Gasteiger partial charge >= 0.3 is 83.2 Å². The van der Waals surface area contributed by atoms with Crippen molar-refractivity contribution in [3.8, 4) is 0 Å². The standard InChI is InChI=1S/2H3N.8H2O4S/c;;8*1-5(2,3)4/h2*1H3;8*(H2,1,2,3,4). The van der Waals surface area contributed by atoms with Crippen molar-refractivity contribution < 1.29 is 140 Å². The van der Waals surface area contributed by atoms with Gasteiger partial charge in [0.05, 0.1) is 0 Å². The Morgan fingerprint density at radius 2 is 0.167 bits per heavy atom. The highest BCUT2D eigenvalue weighted by atomic mass is 32.3. The van der Waals surface area contributed by atoms with Crippen molar-refractivity contribution in [1.82, 2.24) is 12.3 Å². The molecule has 0 aliphatic carbocycles. The summed E-state index contributed by atoms with van der Waals surface area (Å²) >= 11 is 0. The molecule has 42 heteroatoms. The minimum Gasteiger partial charge on any atom is -0.344 e. The molecule has 0 bridgehead atoms. The summed E-state index contributed by atoms with van der Waals surface area (Å²) in [5, 5.41) is 0. The lowest BCUT2D eigenvalue weighted by Crippen LogP contribution is -1.89. The van der Waals surface area contributed by atoms with Crippen LogP contribution >= 0.6 is 0 Å². The highest BCUT2D eigenvalue weighted by molar-refractivity contribution is 7.81. The van der Waals surface area contributed by atoms with Gasteiger partial charge in [0.15, 0.2) is 0 Å². The maximum absolute atomic E-state index is 8.74. The zero-order chi connectivity index (χ0) is 36.0. The smallest absolute Gasteiger partial charge is 0.344 e. The molecule has 0 saturated heterocycles. The second kappa shape index (κ2) is 27.4. The summed E-state index contributed by atoms with van der Waals surface area (Å²) in [7, 11) is -37.3. The maximum Gasteiger partial charge on any atom is 0.394 e. The Labute approximate surface area is 235 Å². The third kappa shape index (κ3) is 44500. The van der Waals surface area contributed by atoms with E-state index in [2.05, 4.69) is 0 Å². The van der Waals surface area contributed by atoms with E-state index in [0.717, 1.165) is 0 Å². The quantitative estimate of drug-likeness (QED) is 0.102. The minimum atomic E-state index is -4.67. The Morgan fingerprint density at radius 1 is 0.167 bits per heavy atom. The third-order valence-corrected chi connectivity index (χ3v) is 0. The molecule has 34 nitrogen and oxygen atoms in total. The molecule has 42 heavy (non-hydrogen) atoms. The zero-order valence-corrected chi connectivity index (χ0v) is 24.9. The summed E-state index contributed by atoms with van der Waals surface area (Å²) in [5.41, 5.74) is 0. The average Bonchev–Trinajstić information content (AvgIpc) is 2.16. The SMILES string of the molecule is N.N.O=S(=O)(O)O.O=S(=O)(O)O.O=S(=O)(O)O.O=S(=O)(O)O.O=S(=O)(O)O.O=S(=O)(O)O.O=S(=O)(O)O.O=S(=O)(O)O. The van der Waals surface area contributed by atoms with E-state index in [0.29, 0.717) is 0 Å². The van der Waals surface area contributed by atoms with Gasteiger partial charge in [0.2, 0.25) is 0 Å². The van der Waals surface area contributed by atoms with Crippen molar-refractivity contribution in [2.75, 3.05) is 0 Å². The van der Waals surface area contributed by atoms with Crippen LogP contribution in [-0.2, 0) is 83.2 Å². The summed E-state index contributed by atoms with van der Waals surface area (Å²) in [4.78, 5) is 0. The van der Waals surface area contributed by atoms with Crippen LogP contribution < -0.4 is 12.3 Å². The van der Waals surface area contributed by atoms with Crippen LogP contribution in [0.3, 0.4) is 0 Å². The summed E-state index contributed by atoms with van der Waals surface area (Å²) < 4.78 is 253. The van der Waals surface area contributed by atoms with Crippen LogP contribution in [0, 0.1) is 0 Å². The lowest BCUT2D eigenvalue weighted by Gasteiger charge is -1.68. The molecule has 22 N–H and O–H groups in total. The molecule has 0 aromatic carbocycles. The van der Waals surface area contributed by atoms with Gasteiger partial charge in [-0.1, -0.05) is 0 Å². The first kappa shape index (κ1) is 68.2. The van der Waals surface area contributed by atoms with E-state index in [4.69, 9.17) is 140 Å². The van der Waals surface area contributed by atoms with Crippen molar-refractivity contribution in [1.29, 1.82) is 0 Å². The van der Waals surface area contributed by atoms with Crippen LogP contribution in [0.5, 0.6) is 0 Å². The van der Waals surface area contributed by atoms with Gasteiger partial charge in [-0.05, 0) is 0 Å².